The summed E-state index contributed by atoms with van der Waals surface area (Å²) in [6.45, 7) is 10.2. The summed E-state index contributed by atoms with van der Waals surface area (Å²) < 4.78 is 0. The van der Waals surface area contributed by atoms with Gasteiger partial charge in [-0.15, -0.1) is 6.58 Å². The molecule has 0 aromatic rings. The Morgan fingerprint density at radius 2 is 2.12 bits per heavy atom. The van der Waals surface area contributed by atoms with Crippen molar-refractivity contribution in [2.75, 3.05) is 13.1 Å². The molecule has 0 spiro atoms. The second kappa shape index (κ2) is 4.68. The molecule has 1 rings (SSSR count). The van der Waals surface area contributed by atoms with E-state index < -0.39 is 6.04 Å². The topological polar surface area (TPSA) is 49.4 Å². The highest BCUT2D eigenvalue weighted by Crippen LogP contribution is 2.23. The van der Waals surface area contributed by atoms with Crippen LogP contribution in [0.5, 0.6) is 0 Å². The van der Waals surface area contributed by atoms with Crippen LogP contribution in [0.1, 0.15) is 27.2 Å². The van der Waals surface area contributed by atoms with Crippen molar-refractivity contribution in [1.82, 2.24) is 10.2 Å². The van der Waals surface area contributed by atoms with Gasteiger partial charge in [0.05, 0.1) is 6.54 Å². The maximum absolute atomic E-state index is 12.1. The molecule has 2 amide bonds. The first-order chi connectivity index (χ1) is 7.36. The van der Waals surface area contributed by atoms with Crippen molar-refractivity contribution >= 4 is 11.8 Å². The molecule has 0 saturated carbocycles. The lowest BCUT2D eigenvalue weighted by Gasteiger charge is -2.38. The molecule has 4 heteroatoms. The van der Waals surface area contributed by atoms with Gasteiger partial charge in [-0.25, -0.2) is 0 Å². The van der Waals surface area contributed by atoms with Crippen LogP contribution in [0.4, 0.5) is 0 Å². The van der Waals surface area contributed by atoms with Gasteiger partial charge in [-0.3, -0.25) is 9.59 Å². The van der Waals surface area contributed by atoms with Gasteiger partial charge in [-0.05, 0) is 11.8 Å². The number of nitrogens with zero attached hydrogens (tertiary/aromatic N) is 1. The van der Waals surface area contributed by atoms with Gasteiger partial charge < -0.3 is 10.2 Å². The molecule has 0 aromatic heterocycles. The third-order valence-electron chi connectivity index (χ3n) is 2.67. The van der Waals surface area contributed by atoms with Crippen LogP contribution in [0.3, 0.4) is 0 Å². The Labute approximate surface area is 96.7 Å². The van der Waals surface area contributed by atoms with Crippen LogP contribution in [-0.2, 0) is 9.59 Å². The second-order valence-corrected chi connectivity index (χ2v) is 5.20. The Balaban J connectivity index is 2.78. The summed E-state index contributed by atoms with van der Waals surface area (Å²) in [5, 5.41) is 2.76. The molecule has 1 N–H and O–H groups in total. The third kappa shape index (κ3) is 2.84. The minimum atomic E-state index is -0.418. The normalized spacial score (nSPS) is 21.9. The number of rotatable bonds is 3. The number of hydrogen-bond acceptors (Lipinski definition) is 2. The van der Waals surface area contributed by atoms with Crippen molar-refractivity contribution in [1.29, 1.82) is 0 Å². The molecule has 16 heavy (non-hydrogen) atoms. The van der Waals surface area contributed by atoms with Gasteiger partial charge in [0.15, 0.2) is 0 Å². The van der Waals surface area contributed by atoms with Gasteiger partial charge in [0.2, 0.25) is 11.8 Å². The largest absolute Gasteiger partial charge is 0.342 e. The highest BCUT2D eigenvalue weighted by atomic mass is 16.2. The third-order valence-corrected chi connectivity index (χ3v) is 2.67. The number of hydrogen-bond donors (Lipinski definition) is 1. The smallest absolute Gasteiger partial charge is 0.246 e. The van der Waals surface area contributed by atoms with Gasteiger partial charge in [0.1, 0.15) is 6.04 Å². The van der Waals surface area contributed by atoms with Crippen LogP contribution < -0.4 is 5.32 Å². The molecule has 1 fully saturated rings. The lowest BCUT2D eigenvalue weighted by molar-refractivity contribution is -0.147. The Morgan fingerprint density at radius 3 is 2.62 bits per heavy atom. The van der Waals surface area contributed by atoms with E-state index in [2.05, 4.69) is 11.9 Å². The average molecular weight is 224 g/mol. The molecule has 0 aliphatic carbocycles. The zero-order valence-corrected chi connectivity index (χ0v) is 10.2. The second-order valence-electron chi connectivity index (χ2n) is 5.20. The van der Waals surface area contributed by atoms with E-state index in [1.165, 1.54) is 0 Å². The van der Waals surface area contributed by atoms with E-state index in [1.807, 2.05) is 20.8 Å². The maximum atomic E-state index is 12.1. The first kappa shape index (κ1) is 12.7. The summed E-state index contributed by atoms with van der Waals surface area (Å²) in [6, 6.07) is -0.418. The monoisotopic (exact) mass is 224 g/mol. The molecule has 0 radical (unpaired) electrons. The van der Waals surface area contributed by atoms with Crippen molar-refractivity contribution < 1.29 is 9.59 Å². The van der Waals surface area contributed by atoms with E-state index in [-0.39, 0.29) is 23.8 Å². The standard InChI is InChI=1S/C12H20N2O2/c1-5-6-7-14-8-9(15)13-10(11(14)16)12(2,3)4/h5,10H,1,6-8H2,2-4H3,(H,13,15). The summed E-state index contributed by atoms with van der Waals surface area (Å²) in [5.74, 6) is -0.0717. The molecule has 1 heterocycles. The Morgan fingerprint density at radius 1 is 1.50 bits per heavy atom. The van der Waals surface area contributed by atoms with E-state index in [0.29, 0.717) is 6.54 Å². The van der Waals surface area contributed by atoms with Crippen molar-refractivity contribution in [2.24, 2.45) is 5.41 Å². The summed E-state index contributed by atoms with van der Waals surface area (Å²) in [7, 11) is 0. The van der Waals surface area contributed by atoms with Crippen LogP contribution >= 0.6 is 0 Å². The highest BCUT2D eigenvalue weighted by Gasteiger charge is 2.39. The van der Waals surface area contributed by atoms with Crippen molar-refractivity contribution in [3.05, 3.63) is 12.7 Å². The molecule has 1 aliphatic heterocycles. The van der Waals surface area contributed by atoms with Crippen LogP contribution in [0.2, 0.25) is 0 Å². The molecule has 4 nitrogen and oxygen atoms in total. The zero-order chi connectivity index (χ0) is 12.3. The Kier molecular flexibility index (Phi) is 3.73. The van der Waals surface area contributed by atoms with Gasteiger partial charge >= 0.3 is 0 Å². The Hall–Kier alpha value is -1.32. The number of carbonyl (C=O) groups is 2. The summed E-state index contributed by atoms with van der Waals surface area (Å²) >= 11 is 0. The van der Waals surface area contributed by atoms with Crippen LogP contribution in [0, 0.1) is 5.41 Å². The highest BCUT2D eigenvalue weighted by molar-refractivity contribution is 5.95. The summed E-state index contributed by atoms with van der Waals surface area (Å²) in [6.07, 6.45) is 2.47. The summed E-state index contributed by atoms with van der Waals surface area (Å²) in [4.78, 5) is 25.2. The molecule has 0 aromatic carbocycles. The molecule has 1 aliphatic rings. The lowest BCUT2D eigenvalue weighted by Crippen LogP contribution is -2.62. The Bertz CT molecular complexity index is 305. The van der Waals surface area contributed by atoms with Crippen LogP contribution in [0.25, 0.3) is 0 Å². The molecule has 90 valence electrons. The first-order valence-electron chi connectivity index (χ1n) is 5.55. The first-order valence-corrected chi connectivity index (χ1v) is 5.55. The van der Waals surface area contributed by atoms with E-state index in [4.69, 9.17) is 0 Å². The fourth-order valence-corrected chi connectivity index (χ4v) is 1.73. The maximum Gasteiger partial charge on any atom is 0.246 e. The van der Waals surface area contributed by atoms with E-state index >= 15 is 0 Å². The average Bonchev–Trinajstić information content (AvgIpc) is 2.17. The van der Waals surface area contributed by atoms with Crippen molar-refractivity contribution in [2.45, 2.75) is 33.2 Å². The quantitative estimate of drug-likeness (QED) is 0.725. The van der Waals surface area contributed by atoms with Gasteiger partial charge in [-0.1, -0.05) is 26.8 Å². The van der Waals surface area contributed by atoms with E-state index in [1.54, 1.807) is 11.0 Å². The van der Waals surface area contributed by atoms with Crippen LogP contribution in [0.15, 0.2) is 12.7 Å². The fraction of sp³-hybridized carbons (Fsp3) is 0.667. The number of carbonyl (C=O) groups excluding carboxylic acids is 2. The zero-order valence-electron chi connectivity index (χ0n) is 10.2. The van der Waals surface area contributed by atoms with Crippen molar-refractivity contribution in [3.63, 3.8) is 0 Å². The van der Waals surface area contributed by atoms with Gasteiger partial charge in [-0.2, -0.15) is 0 Å². The van der Waals surface area contributed by atoms with Crippen LogP contribution in [-0.4, -0.2) is 35.8 Å². The number of piperazine rings is 1. The predicted octanol–water partition coefficient (Wildman–Crippen LogP) is 0.936. The van der Waals surface area contributed by atoms with Gasteiger partial charge in [0, 0.05) is 6.54 Å². The van der Waals surface area contributed by atoms with Crippen molar-refractivity contribution in [3.8, 4) is 0 Å². The molecule has 0 bridgehead atoms. The number of nitrogens with one attached hydrogen (secondary N) is 1. The van der Waals surface area contributed by atoms with E-state index in [0.717, 1.165) is 6.42 Å². The fourth-order valence-electron chi connectivity index (χ4n) is 1.73. The summed E-state index contributed by atoms with van der Waals surface area (Å²) in [5.41, 5.74) is -0.250. The molecular weight excluding hydrogens is 204 g/mol. The van der Waals surface area contributed by atoms with E-state index in [9.17, 15) is 9.59 Å². The molecule has 1 unspecified atom stereocenters. The molecular formula is C12H20N2O2. The van der Waals surface area contributed by atoms with Gasteiger partial charge in [0.25, 0.3) is 0 Å². The molecule has 1 saturated heterocycles. The number of amides is 2. The minimum Gasteiger partial charge on any atom is -0.342 e. The minimum absolute atomic E-state index is 0.00829. The SMILES string of the molecule is C=CCCN1CC(=O)NC(C(C)(C)C)C1=O. The predicted molar refractivity (Wildman–Crippen MR) is 62.8 cm³/mol. The lowest BCUT2D eigenvalue weighted by atomic mass is 9.85. The molecule has 1 atom stereocenters.